The topological polar surface area (TPSA) is 47.7 Å². The van der Waals surface area contributed by atoms with E-state index in [9.17, 15) is 0 Å². The summed E-state index contributed by atoms with van der Waals surface area (Å²) in [4.78, 5) is 13.9. The van der Waals surface area contributed by atoms with Gasteiger partial charge in [0.15, 0.2) is 11.3 Å². The molecule has 0 radical (unpaired) electrons. The highest BCUT2D eigenvalue weighted by Crippen LogP contribution is 2.50. The van der Waals surface area contributed by atoms with Crippen LogP contribution in [0, 0.1) is 6.57 Å². The van der Waals surface area contributed by atoms with Crippen molar-refractivity contribution in [2.75, 3.05) is 0 Å². The lowest BCUT2D eigenvalue weighted by atomic mass is 9.81. The fourth-order valence-electron chi connectivity index (χ4n) is 7.75. The number of hydrogen-bond donors (Lipinski definition) is 0. The number of aromatic nitrogens is 3. The fourth-order valence-corrected chi connectivity index (χ4v) is 7.75. The molecule has 0 N–H and O–H groups in total. The standard InChI is InChI=1S/C44H28N4O/c1-44(2)35-23-29(16-19-32(35)33-20-18-31(45-3)25-36(33)44)27-12-9-13-28(22-27)30-17-21-39-38(24-30)48-42-40(26-10-5-4-6-11-26)46-37-15-8-7-14-34(37)41(42)47-43(48)49-39/h4-25H,1-2H3. The number of nitrogens with zero attached hydrogens (tertiary/aromatic N) is 4. The molecule has 6 aromatic carbocycles. The van der Waals surface area contributed by atoms with Crippen molar-refractivity contribution in [1.82, 2.24) is 14.4 Å². The minimum absolute atomic E-state index is 0.191. The first-order chi connectivity index (χ1) is 24.0. The van der Waals surface area contributed by atoms with Gasteiger partial charge in [-0.25, -0.2) is 9.83 Å². The Morgan fingerprint density at radius 3 is 2.12 bits per heavy atom. The number of benzene rings is 6. The highest BCUT2D eigenvalue weighted by molar-refractivity contribution is 6.10. The molecule has 0 unspecified atom stereocenters. The van der Waals surface area contributed by atoms with Crippen molar-refractivity contribution < 1.29 is 4.42 Å². The van der Waals surface area contributed by atoms with Crippen molar-refractivity contribution in [2.45, 2.75) is 19.3 Å². The van der Waals surface area contributed by atoms with Crippen LogP contribution < -0.4 is 0 Å². The molecular weight excluding hydrogens is 601 g/mol. The molecule has 10 rings (SSSR count). The van der Waals surface area contributed by atoms with E-state index in [0.717, 1.165) is 61.0 Å². The molecule has 0 aliphatic heterocycles. The summed E-state index contributed by atoms with van der Waals surface area (Å²) in [5.41, 5.74) is 16.4. The molecule has 9 aromatic rings. The molecule has 49 heavy (non-hydrogen) atoms. The van der Waals surface area contributed by atoms with Gasteiger partial charge in [0.2, 0.25) is 0 Å². The van der Waals surface area contributed by atoms with Gasteiger partial charge in [-0.2, -0.15) is 4.98 Å². The number of imidazole rings is 1. The third kappa shape index (κ3) is 3.98. The van der Waals surface area contributed by atoms with Gasteiger partial charge in [0.1, 0.15) is 11.0 Å². The molecule has 0 fully saturated rings. The van der Waals surface area contributed by atoms with Gasteiger partial charge in [-0.15, -0.1) is 0 Å². The fraction of sp³-hybridized carbons (Fsp3) is 0.0682. The van der Waals surface area contributed by atoms with Crippen LogP contribution in [0.3, 0.4) is 0 Å². The van der Waals surface area contributed by atoms with Crippen molar-refractivity contribution in [2.24, 2.45) is 0 Å². The van der Waals surface area contributed by atoms with Gasteiger partial charge in [-0.05, 0) is 74.8 Å². The van der Waals surface area contributed by atoms with Crippen molar-refractivity contribution >= 4 is 44.6 Å². The molecule has 0 bridgehead atoms. The van der Waals surface area contributed by atoms with Gasteiger partial charge < -0.3 is 4.42 Å². The number of hydrogen-bond acceptors (Lipinski definition) is 3. The smallest absolute Gasteiger partial charge is 0.307 e. The average molecular weight is 629 g/mol. The van der Waals surface area contributed by atoms with Crippen LogP contribution in [-0.4, -0.2) is 14.4 Å². The van der Waals surface area contributed by atoms with E-state index in [1.165, 1.54) is 27.8 Å². The zero-order valence-electron chi connectivity index (χ0n) is 26.9. The third-order valence-corrected chi connectivity index (χ3v) is 10.2. The Kier molecular flexibility index (Phi) is 5.63. The molecule has 5 heteroatoms. The predicted octanol–water partition coefficient (Wildman–Crippen LogP) is 11.6. The summed E-state index contributed by atoms with van der Waals surface area (Å²) in [7, 11) is 0. The van der Waals surface area contributed by atoms with Gasteiger partial charge in [0.05, 0.1) is 23.3 Å². The highest BCUT2D eigenvalue weighted by Gasteiger charge is 2.35. The van der Waals surface area contributed by atoms with Crippen molar-refractivity contribution in [3.05, 3.63) is 156 Å². The maximum atomic E-state index is 7.52. The summed E-state index contributed by atoms with van der Waals surface area (Å²) < 4.78 is 8.50. The van der Waals surface area contributed by atoms with Crippen LogP contribution in [0.2, 0.25) is 0 Å². The summed E-state index contributed by atoms with van der Waals surface area (Å²) in [5, 5.41) is 1.00. The van der Waals surface area contributed by atoms with Crippen LogP contribution in [0.25, 0.3) is 88.4 Å². The van der Waals surface area contributed by atoms with Gasteiger partial charge >= 0.3 is 5.84 Å². The number of pyridine rings is 1. The number of para-hydroxylation sites is 1. The summed E-state index contributed by atoms with van der Waals surface area (Å²) >= 11 is 0. The van der Waals surface area contributed by atoms with Crippen LogP contribution >= 0.6 is 0 Å². The molecule has 0 spiro atoms. The number of oxazole rings is 1. The van der Waals surface area contributed by atoms with Gasteiger partial charge in [0, 0.05) is 16.4 Å². The van der Waals surface area contributed by atoms with Crippen LogP contribution in [0.15, 0.2) is 138 Å². The Bertz CT molecular complexity index is 2870. The molecule has 3 aromatic heterocycles. The molecule has 0 amide bonds. The van der Waals surface area contributed by atoms with E-state index in [0.29, 0.717) is 11.5 Å². The Balaban J connectivity index is 1.12. The van der Waals surface area contributed by atoms with E-state index >= 15 is 0 Å². The summed E-state index contributed by atoms with van der Waals surface area (Å²) in [5.74, 6) is 0.552. The van der Waals surface area contributed by atoms with Crippen molar-refractivity contribution in [3.8, 4) is 44.6 Å². The van der Waals surface area contributed by atoms with Crippen molar-refractivity contribution in [3.63, 3.8) is 0 Å². The van der Waals surface area contributed by atoms with E-state index in [1.807, 2.05) is 48.5 Å². The molecule has 0 atom stereocenters. The van der Waals surface area contributed by atoms with Crippen molar-refractivity contribution in [1.29, 1.82) is 0 Å². The molecule has 3 heterocycles. The van der Waals surface area contributed by atoms with Crippen LogP contribution in [0.1, 0.15) is 25.0 Å². The molecule has 0 saturated carbocycles. The zero-order valence-corrected chi connectivity index (χ0v) is 26.9. The minimum Gasteiger partial charge on any atom is -0.423 e. The van der Waals surface area contributed by atoms with Gasteiger partial charge in [-0.3, -0.25) is 4.40 Å². The van der Waals surface area contributed by atoms with Crippen LogP contribution in [-0.2, 0) is 5.41 Å². The molecule has 0 saturated heterocycles. The largest absolute Gasteiger partial charge is 0.423 e. The first-order valence-electron chi connectivity index (χ1n) is 16.4. The minimum atomic E-state index is -0.191. The van der Waals surface area contributed by atoms with Gasteiger partial charge in [-0.1, -0.05) is 117 Å². The lowest BCUT2D eigenvalue weighted by molar-refractivity contribution is 0.643. The molecule has 1 aliphatic carbocycles. The Hall–Kier alpha value is -6.51. The summed E-state index contributed by atoms with van der Waals surface area (Å²) in [6, 6.07) is 46.4. The van der Waals surface area contributed by atoms with E-state index < -0.39 is 0 Å². The average Bonchev–Trinajstić information content (AvgIpc) is 3.77. The van der Waals surface area contributed by atoms with Crippen LogP contribution in [0.5, 0.6) is 0 Å². The number of rotatable bonds is 3. The predicted molar refractivity (Wildman–Crippen MR) is 198 cm³/mol. The second-order valence-corrected chi connectivity index (χ2v) is 13.4. The van der Waals surface area contributed by atoms with E-state index in [-0.39, 0.29) is 5.41 Å². The first kappa shape index (κ1) is 27.6. The maximum Gasteiger partial charge on any atom is 0.307 e. The number of fused-ring (bicyclic) bond motifs is 10. The summed E-state index contributed by atoms with van der Waals surface area (Å²) in [6.45, 7) is 12.0. The van der Waals surface area contributed by atoms with E-state index in [1.54, 1.807) is 0 Å². The lowest BCUT2D eigenvalue weighted by Gasteiger charge is -2.22. The van der Waals surface area contributed by atoms with E-state index in [4.69, 9.17) is 21.0 Å². The monoisotopic (exact) mass is 628 g/mol. The van der Waals surface area contributed by atoms with Gasteiger partial charge in [0.25, 0.3) is 0 Å². The van der Waals surface area contributed by atoms with E-state index in [2.05, 4.69) is 108 Å². The second kappa shape index (κ2) is 10.00. The first-order valence-corrected chi connectivity index (χ1v) is 16.4. The molecular formula is C44H28N4O. The summed E-state index contributed by atoms with van der Waals surface area (Å²) in [6.07, 6.45) is 0. The second-order valence-electron chi connectivity index (χ2n) is 13.4. The Labute approximate surface area is 282 Å². The Morgan fingerprint density at radius 1 is 0.633 bits per heavy atom. The lowest BCUT2D eigenvalue weighted by Crippen LogP contribution is -2.14. The highest BCUT2D eigenvalue weighted by atomic mass is 16.4. The zero-order chi connectivity index (χ0) is 32.9. The molecule has 5 nitrogen and oxygen atoms in total. The SMILES string of the molecule is [C-]#[N+]c1ccc2c(c1)C(C)(C)c1cc(-c3cccc(-c4ccc5oc6nc7c8ccccc8nc(-c8ccccc8)c7n6c5c4)c3)ccc1-2. The Morgan fingerprint density at radius 2 is 1.31 bits per heavy atom. The normalized spacial score (nSPS) is 13.2. The molecule has 230 valence electrons. The third-order valence-electron chi connectivity index (χ3n) is 10.2. The van der Waals surface area contributed by atoms with Crippen LogP contribution in [0.4, 0.5) is 5.69 Å². The quantitative estimate of drug-likeness (QED) is 0.183. The maximum absolute atomic E-state index is 7.52. The molecule has 1 aliphatic rings.